The SMILES string of the molecule is CCCCC(CC)CC1(CC(CC)CCCC)c2sc(-c3ccc(C(=O)O)cc3)cc2-c2cc(-c3ccc(-c4ccc(N(c5ccc(C)cc5)c5ccc(C)cc5)cc4)c4nsnc34)sc21. The number of fused-ring (bicyclic) bond motifs is 4. The smallest absolute Gasteiger partial charge is 0.335 e. The van der Waals surface area contributed by atoms with Crippen molar-refractivity contribution in [3.63, 3.8) is 0 Å². The molecule has 338 valence electrons. The standard InChI is InChI=1S/C58H61N3O2S3/c1-7-11-13-39(9-3)35-58(36-40(10-4)14-12-8-2)55-49(33-51(64-55)42-19-21-43(22-20-42)57(62)63)50-34-52(65-56(50)58)48-32-31-47(53-54(48)60-66-59-53)41-23-29-46(30-24-41)61(44-25-15-37(5)16-26-44)45-27-17-38(6)18-28-45/h15-34,39-40H,7-14,35-36H2,1-6H3,(H,62,63). The first-order valence-corrected chi connectivity index (χ1v) is 26.4. The van der Waals surface area contributed by atoms with Gasteiger partial charge in [0.05, 0.1) is 17.3 Å². The number of benzene rings is 5. The lowest BCUT2D eigenvalue weighted by Gasteiger charge is -2.37. The van der Waals surface area contributed by atoms with Crippen LogP contribution in [0.3, 0.4) is 0 Å². The summed E-state index contributed by atoms with van der Waals surface area (Å²) in [7, 11) is 0. The number of carbonyl (C=O) groups is 1. The van der Waals surface area contributed by atoms with Gasteiger partial charge in [0.1, 0.15) is 11.0 Å². The lowest BCUT2D eigenvalue weighted by Crippen LogP contribution is -2.30. The highest BCUT2D eigenvalue weighted by atomic mass is 32.1. The number of carboxylic acids is 1. The van der Waals surface area contributed by atoms with Crippen molar-refractivity contribution in [1.29, 1.82) is 0 Å². The summed E-state index contributed by atoms with van der Waals surface area (Å²) in [4.78, 5) is 19.6. The maximum Gasteiger partial charge on any atom is 0.335 e. The van der Waals surface area contributed by atoms with Gasteiger partial charge in [-0.15, -0.1) is 22.7 Å². The molecule has 1 aliphatic carbocycles. The lowest BCUT2D eigenvalue weighted by molar-refractivity contribution is 0.0697. The summed E-state index contributed by atoms with van der Waals surface area (Å²) in [6, 6.07) is 43.3. The molecule has 0 fully saturated rings. The van der Waals surface area contributed by atoms with Gasteiger partial charge in [0.15, 0.2) is 0 Å². The Kier molecular flexibility index (Phi) is 13.7. The van der Waals surface area contributed by atoms with Crippen LogP contribution in [0.1, 0.15) is 123 Å². The summed E-state index contributed by atoms with van der Waals surface area (Å²) in [6.07, 6.45) is 12.1. The number of thiophene rings is 2. The maximum atomic E-state index is 11.8. The van der Waals surface area contributed by atoms with Gasteiger partial charge in [-0.3, -0.25) is 0 Å². The first-order chi connectivity index (χ1) is 32.1. The molecule has 0 saturated heterocycles. The molecule has 1 N–H and O–H groups in total. The van der Waals surface area contributed by atoms with Crippen LogP contribution in [0, 0.1) is 25.7 Å². The molecule has 5 nitrogen and oxygen atoms in total. The normalized spacial score (nSPS) is 15.2. The Morgan fingerprint density at radius 3 is 1.53 bits per heavy atom. The van der Waals surface area contributed by atoms with Gasteiger partial charge in [-0.1, -0.05) is 151 Å². The summed E-state index contributed by atoms with van der Waals surface area (Å²) in [6.45, 7) is 13.7. The molecule has 8 heteroatoms. The number of hydrogen-bond acceptors (Lipinski definition) is 7. The minimum absolute atomic E-state index is 0.0908. The number of nitrogens with zero attached hydrogens (tertiary/aromatic N) is 3. The van der Waals surface area contributed by atoms with Gasteiger partial charge >= 0.3 is 5.97 Å². The van der Waals surface area contributed by atoms with E-state index in [0.717, 1.165) is 63.2 Å². The van der Waals surface area contributed by atoms with Crippen molar-refractivity contribution < 1.29 is 9.90 Å². The fourth-order valence-electron chi connectivity index (χ4n) is 10.3. The van der Waals surface area contributed by atoms with Gasteiger partial charge < -0.3 is 10.0 Å². The molecule has 0 bridgehead atoms. The van der Waals surface area contributed by atoms with Crippen LogP contribution in [0.5, 0.6) is 0 Å². The third-order valence-corrected chi connectivity index (χ3v) is 17.4. The zero-order valence-electron chi connectivity index (χ0n) is 39.2. The van der Waals surface area contributed by atoms with Crippen molar-refractivity contribution >= 4 is 68.5 Å². The number of unbranched alkanes of at least 4 members (excludes halogenated alkanes) is 2. The van der Waals surface area contributed by atoms with Crippen LogP contribution in [-0.4, -0.2) is 19.8 Å². The van der Waals surface area contributed by atoms with Crippen LogP contribution in [0.2, 0.25) is 0 Å². The van der Waals surface area contributed by atoms with Gasteiger partial charge in [-0.2, -0.15) is 8.75 Å². The molecule has 0 spiro atoms. The number of rotatable bonds is 19. The Morgan fingerprint density at radius 2 is 1.03 bits per heavy atom. The second-order valence-corrected chi connectivity index (χ2v) is 21.2. The van der Waals surface area contributed by atoms with Crippen LogP contribution in [0.15, 0.2) is 121 Å². The first-order valence-electron chi connectivity index (χ1n) is 24.1. The molecule has 8 aromatic rings. The molecule has 0 aliphatic heterocycles. The molecule has 66 heavy (non-hydrogen) atoms. The van der Waals surface area contributed by atoms with E-state index in [1.54, 1.807) is 12.1 Å². The second kappa shape index (κ2) is 19.8. The van der Waals surface area contributed by atoms with Crippen molar-refractivity contribution in [3.8, 4) is 43.1 Å². The number of aryl methyl sites for hydroxylation is 2. The van der Waals surface area contributed by atoms with E-state index in [2.05, 4.69) is 144 Å². The molecule has 3 aromatic heterocycles. The topological polar surface area (TPSA) is 66.3 Å². The minimum atomic E-state index is -0.894. The van der Waals surface area contributed by atoms with Crippen molar-refractivity contribution in [2.24, 2.45) is 11.8 Å². The average Bonchev–Trinajstić information content (AvgIpc) is 4.15. The molecule has 5 aromatic carbocycles. The van der Waals surface area contributed by atoms with Gasteiger partial charge in [0, 0.05) is 53.1 Å². The highest BCUT2D eigenvalue weighted by Gasteiger charge is 2.48. The number of carboxylic acid groups (broad SMARTS) is 1. The van der Waals surface area contributed by atoms with E-state index in [0.29, 0.717) is 17.4 Å². The van der Waals surface area contributed by atoms with E-state index in [1.807, 2.05) is 34.8 Å². The molecule has 0 saturated carbocycles. The van der Waals surface area contributed by atoms with Crippen molar-refractivity contribution in [2.75, 3.05) is 4.90 Å². The molecule has 2 atom stereocenters. The molecular weight excluding hydrogens is 867 g/mol. The lowest BCUT2D eigenvalue weighted by atomic mass is 9.70. The molecule has 0 amide bonds. The Morgan fingerprint density at radius 1 is 0.576 bits per heavy atom. The fourth-order valence-corrected chi connectivity index (χ4v) is 13.7. The Hall–Kier alpha value is -5.41. The zero-order chi connectivity index (χ0) is 46.0. The molecule has 3 heterocycles. The van der Waals surface area contributed by atoms with Crippen LogP contribution < -0.4 is 4.90 Å². The summed E-state index contributed by atoms with van der Waals surface area (Å²) in [5, 5.41) is 9.69. The van der Waals surface area contributed by atoms with Gasteiger partial charge in [-0.05, 0) is 121 Å². The molecule has 0 radical (unpaired) electrons. The van der Waals surface area contributed by atoms with Gasteiger partial charge in [0.2, 0.25) is 0 Å². The number of aromatic nitrogens is 2. The van der Waals surface area contributed by atoms with Crippen LogP contribution in [0.4, 0.5) is 17.1 Å². The van der Waals surface area contributed by atoms with Crippen LogP contribution in [-0.2, 0) is 5.41 Å². The zero-order valence-corrected chi connectivity index (χ0v) is 41.6. The molecule has 1 aliphatic rings. The van der Waals surface area contributed by atoms with Crippen molar-refractivity contribution in [3.05, 3.63) is 148 Å². The largest absolute Gasteiger partial charge is 0.478 e. The van der Waals surface area contributed by atoms with E-state index in [4.69, 9.17) is 8.75 Å². The Bertz CT molecular complexity index is 2860. The van der Waals surface area contributed by atoms with Crippen molar-refractivity contribution in [1.82, 2.24) is 8.75 Å². The summed E-state index contributed by atoms with van der Waals surface area (Å²) in [5.74, 6) is 0.355. The third kappa shape index (κ3) is 8.92. The highest BCUT2D eigenvalue weighted by molar-refractivity contribution is 7.18. The van der Waals surface area contributed by atoms with E-state index in [-0.39, 0.29) is 5.41 Å². The van der Waals surface area contributed by atoms with E-state index >= 15 is 0 Å². The van der Waals surface area contributed by atoms with Gasteiger partial charge in [0.25, 0.3) is 0 Å². The summed E-state index contributed by atoms with van der Waals surface area (Å²) >= 11 is 5.25. The number of anilines is 3. The monoisotopic (exact) mass is 927 g/mol. The molecule has 9 rings (SSSR count). The summed E-state index contributed by atoms with van der Waals surface area (Å²) < 4.78 is 10.0. The first kappa shape index (κ1) is 45.7. The van der Waals surface area contributed by atoms with E-state index in [1.165, 1.54) is 105 Å². The predicted molar refractivity (Wildman–Crippen MR) is 283 cm³/mol. The third-order valence-electron chi connectivity index (χ3n) is 14.1. The fraction of sp³-hybridized carbons (Fsp3) is 0.328. The van der Waals surface area contributed by atoms with E-state index in [9.17, 15) is 9.90 Å². The van der Waals surface area contributed by atoms with Crippen LogP contribution in [0.25, 0.3) is 54.2 Å². The average molecular weight is 928 g/mol. The Labute approximate surface area is 403 Å². The molecular formula is C58H61N3O2S3. The second-order valence-electron chi connectivity index (χ2n) is 18.6. The maximum absolute atomic E-state index is 11.8. The highest BCUT2D eigenvalue weighted by Crippen LogP contribution is 2.63. The van der Waals surface area contributed by atoms with E-state index < -0.39 is 5.97 Å². The van der Waals surface area contributed by atoms with Gasteiger partial charge in [-0.25, -0.2) is 4.79 Å². The molecule has 2 unspecified atom stereocenters. The number of hydrogen-bond donors (Lipinski definition) is 1. The summed E-state index contributed by atoms with van der Waals surface area (Å²) in [5.41, 5.74) is 15.1. The Balaban J connectivity index is 1.13. The van der Waals surface area contributed by atoms with Crippen LogP contribution >= 0.6 is 34.4 Å². The quantitative estimate of drug-likeness (QED) is 0.0875. The number of aromatic carboxylic acids is 1. The van der Waals surface area contributed by atoms with Crippen molar-refractivity contribution in [2.45, 2.75) is 111 Å². The minimum Gasteiger partial charge on any atom is -0.478 e. The predicted octanol–water partition coefficient (Wildman–Crippen LogP) is 18.1.